The van der Waals surface area contributed by atoms with Gasteiger partial charge in [0, 0.05) is 22.7 Å². The predicted molar refractivity (Wildman–Crippen MR) is 95.3 cm³/mol. The van der Waals surface area contributed by atoms with Gasteiger partial charge in [-0.1, -0.05) is 30.3 Å². The summed E-state index contributed by atoms with van der Waals surface area (Å²) in [6.07, 6.45) is 4.56. The van der Waals surface area contributed by atoms with Crippen molar-refractivity contribution >= 4 is 5.91 Å². The second-order valence-electron chi connectivity index (χ2n) is 6.96. The monoisotopic (exact) mass is 346 g/mol. The largest absolute Gasteiger partial charge is 0.388 e. The van der Waals surface area contributed by atoms with Crippen molar-refractivity contribution in [2.24, 2.45) is 11.7 Å². The Labute approximate surface area is 150 Å². The van der Waals surface area contributed by atoms with Crippen LogP contribution in [-0.4, -0.2) is 25.5 Å². The second-order valence-corrected chi connectivity index (χ2v) is 6.96. The number of amides is 1. The maximum Gasteiger partial charge on any atom is 0.267 e. The summed E-state index contributed by atoms with van der Waals surface area (Å²) in [4.78, 5) is 20.0. The summed E-state index contributed by atoms with van der Waals surface area (Å²) in [6, 6.07) is 11.7. The van der Waals surface area contributed by atoms with Crippen LogP contribution in [-0.2, 0) is 6.42 Å². The summed E-state index contributed by atoms with van der Waals surface area (Å²) >= 11 is 0. The molecule has 26 heavy (non-hydrogen) atoms. The molecule has 6 nitrogen and oxygen atoms in total. The van der Waals surface area contributed by atoms with Gasteiger partial charge in [0.2, 0.25) is 0 Å². The molecule has 1 amide bonds. The average molecular weight is 346 g/mol. The lowest BCUT2D eigenvalue weighted by atomic mass is 9.77. The third-order valence-corrected chi connectivity index (χ3v) is 5.63. The molecule has 3 heterocycles. The Morgan fingerprint density at radius 1 is 1.19 bits per heavy atom. The highest BCUT2D eigenvalue weighted by atomic mass is 16.3. The van der Waals surface area contributed by atoms with E-state index >= 15 is 0 Å². The fourth-order valence-electron chi connectivity index (χ4n) is 4.45. The number of aliphatic hydroxyl groups is 1. The molecular formula is C20H18N4O2. The fraction of sp³-hybridized carbons (Fsp3) is 0.250. The van der Waals surface area contributed by atoms with E-state index in [1.807, 2.05) is 24.7 Å². The first-order valence-electron chi connectivity index (χ1n) is 8.74. The average Bonchev–Trinajstić information content (AvgIpc) is 3.23. The maximum absolute atomic E-state index is 11.4. The smallest absolute Gasteiger partial charge is 0.267 e. The molecule has 0 saturated heterocycles. The molecule has 3 N–H and O–H groups in total. The molecule has 3 atom stereocenters. The molecule has 0 saturated carbocycles. The molecule has 2 aliphatic rings. The summed E-state index contributed by atoms with van der Waals surface area (Å²) < 4.78 is 2.16. The van der Waals surface area contributed by atoms with Gasteiger partial charge in [-0.25, -0.2) is 9.97 Å². The van der Waals surface area contributed by atoms with E-state index < -0.39 is 12.0 Å². The SMILES string of the molecule is NC(=O)c1ccc2c(n1)CC[C@@H]([C@@H]1c3ccccc3-c3cncn31)[C@H]2O. The summed E-state index contributed by atoms with van der Waals surface area (Å²) in [5, 5.41) is 11.1. The number of aromatic nitrogens is 3. The van der Waals surface area contributed by atoms with Crippen LogP contribution in [0, 0.1) is 5.92 Å². The van der Waals surface area contributed by atoms with Gasteiger partial charge in [-0.2, -0.15) is 0 Å². The van der Waals surface area contributed by atoms with Crippen molar-refractivity contribution < 1.29 is 9.90 Å². The van der Waals surface area contributed by atoms with Gasteiger partial charge in [0.1, 0.15) is 5.69 Å². The number of carbonyl (C=O) groups excluding carboxylic acids is 1. The van der Waals surface area contributed by atoms with Gasteiger partial charge in [-0.15, -0.1) is 0 Å². The number of primary amides is 1. The Bertz CT molecular complexity index is 1030. The van der Waals surface area contributed by atoms with Crippen molar-refractivity contribution in [3.63, 3.8) is 0 Å². The second kappa shape index (κ2) is 5.51. The third-order valence-electron chi connectivity index (χ3n) is 5.63. The number of nitrogens with zero attached hydrogens (tertiary/aromatic N) is 3. The number of pyridine rings is 1. The Morgan fingerprint density at radius 3 is 2.88 bits per heavy atom. The van der Waals surface area contributed by atoms with Gasteiger partial charge in [-0.05, 0) is 24.5 Å². The first-order chi connectivity index (χ1) is 12.6. The third kappa shape index (κ3) is 2.05. The predicted octanol–water partition coefficient (Wildman–Crippen LogP) is 2.24. The highest BCUT2D eigenvalue weighted by molar-refractivity contribution is 5.90. The van der Waals surface area contributed by atoms with Gasteiger partial charge < -0.3 is 15.4 Å². The summed E-state index contributed by atoms with van der Waals surface area (Å²) in [7, 11) is 0. The number of rotatable bonds is 2. The Kier molecular flexibility index (Phi) is 3.24. The number of benzene rings is 1. The van der Waals surface area contributed by atoms with Crippen LogP contribution in [0.15, 0.2) is 48.9 Å². The molecule has 1 aliphatic heterocycles. The van der Waals surface area contributed by atoms with Crippen LogP contribution in [0.25, 0.3) is 11.3 Å². The van der Waals surface area contributed by atoms with Crippen molar-refractivity contribution in [1.82, 2.24) is 14.5 Å². The molecule has 0 radical (unpaired) electrons. The summed E-state index contributed by atoms with van der Waals surface area (Å²) in [5.41, 5.74) is 10.6. The number of imidazole rings is 1. The fourth-order valence-corrected chi connectivity index (χ4v) is 4.45. The van der Waals surface area contributed by atoms with E-state index in [0.29, 0.717) is 6.42 Å². The van der Waals surface area contributed by atoms with Crippen LogP contribution in [0.5, 0.6) is 0 Å². The van der Waals surface area contributed by atoms with E-state index in [0.717, 1.165) is 23.4 Å². The Hall–Kier alpha value is -2.99. The van der Waals surface area contributed by atoms with Crippen LogP contribution < -0.4 is 5.73 Å². The zero-order chi connectivity index (χ0) is 17.8. The molecule has 3 aromatic rings. The standard InChI is InChI=1S/C20H18N4O2/c21-20(26)16-8-5-13-15(23-16)7-6-14(19(13)25)18-12-4-2-1-3-11(12)17-9-22-10-24(17)18/h1-5,8-10,14,18-19,25H,6-7H2,(H2,21,26)/t14-,18-,19-/m0/s1. The molecule has 1 aliphatic carbocycles. The minimum atomic E-state index is -0.653. The van der Waals surface area contributed by atoms with E-state index in [2.05, 4.69) is 26.7 Å². The minimum Gasteiger partial charge on any atom is -0.388 e. The van der Waals surface area contributed by atoms with Gasteiger partial charge in [-0.3, -0.25) is 4.79 Å². The topological polar surface area (TPSA) is 94.0 Å². The zero-order valence-electron chi connectivity index (χ0n) is 14.0. The molecule has 1 aromatic carbocycles. The van der Waals surface area contributed by atoms with E-state index in [9.17, 15) is 9.90 Å². The lowest BCUT2D eigenvalue weighted by Gasteiger charge is -2.34. The lowest BCUT2D eigenvalue weighted by molar-refractivity contribution is 0.0708. The van der Waals surface area contributed by atoms with Crippen molar-refractivity contribution in [3.8, 4) is 11.3 Å². The quantitative estimate of drug-likeness (QED) is 0.744. The van der Waals surface area contributed by atoms with E-state index in [1.165, 1.54) is 11.1 Å². The molecule has 0 fully saturated rings. The van der Waals surface area contributed by atoms with Crippen molar-refractivity contribution in [1.29, 1.82) is 0 Å². The Morgan fingerprint density at radius 2 is 2.04 bits per heavy atom. The maximum atomic E-state index is 11.4. The van der Waals surface area contributed by atoms with Crippen LogP contribution in [0.1, 0.15) is 45.9 Å². The first-order valence-corrected chi connectivity index (χ1v) is 8.74. The van der Waals surface area contributed by atoms with Gasteiger partial charge in [0.05, 0.1) is 30.4 Å². The Balaban J connectivity index is 1.57. The highest BCUT2D eigenvalue weighted by Gasteiger charge is 2.40. The number of hydrogen-bond donors (Lipinski definition) is 2. The molecule has 6 heteroatoms. The molecule has 0 spiro atoms. The van der Waals surface area contributed by atoms with Gasteiger partial charge in [0.25, 0.3) is 5.91 Å². The summed E-state index contributed by atoms with van der Waals surface area (Å²) in [5.74, 6) is -0.530. The van der Waals surface area contributed by atoms with Crippen LogP contribution in [0.4, 0.5) is 0 Å². The highest BCUT2D eigenvalue weighted by Crippen LogP contribution is 2.49. The number of hydrogen-bond acceptors (Lipinski definition) is 4. The van der Waals surface area contributed by atoms with Gasteiger partial charge >= 0.3 is 0 Å². The van der Waals surface area contributed by atoms with Crippen molar-refractivity contribution in [2.45, 2.75) is 25.0 Å². The van der Waals surface area contributed by atoms with Gasteiger partial charge in [0.15, 0.2) is 0 Å². The molecule has 5 rings (SSSR count). The normalized spacial score (nSPS) is 23.2. The lowest BCUT2D eigenvalue weighted by Crippen LogP contribution is -2.29. The summed E-state index contributed by atoms with van der Waals surface area (Å²) in [6.45, 7) is 0. The number of aliphatic hydroxyl groups excluding tert-OH is 1. The molecule has 130 valence electrons. The first kappa shape index (κ1) is 15.3. The van der Waals surface area contributed by atoms with E-state index in [1.54, 1.807) is 12.1 Å². The number of nitrogens with two attached hydrogens (primary N) is 1. The van der Waals surface area contributed by atoms with Crippen LogP contribution >= 0.6 is 0 Å². The van der Waals surface area contributed by atoms with E-state index in [-0.39, 0.29) is 17.7 Å². The van der Waals surface area contributed by atoms with Crippen molar-refractivity contribution in [2.75, 3.05) is 0 Å². The number of carbonyl (C=O) groups is 1. The minimum absolute atomic E-state index is 0.0142. The molecule has 0 bridgehead atoms. The van der Waals surface area contributed by atoms with E-state index in [4.69, 9.17) is 5.73 Å². The molecule has 2 aromatic heterocycles. The van der Waals surface area contributed by atoms with Crippen LogP contribution in [0.2, 0.25) is 0 Å². The zero-order valence-corrected chi connectivity index (χ0v) is 14.0. The molecular weight excluding hydrogens is 328 g/mol. The number of aryl methyl sites for hydroxylation is 1. The number of fused-ring (bicyclic) bond motifs is 4. The molecule has 0 unspecified atom stereocenters. The van der Waals surface area contributed by atoms with Crippen molar-refractivity contribution in [3.05, 3.63) is 71.4 Å². The van der Waals surface area contributed by atoms with Crippen LogP contribution in [0.3, 0.4) is 0 Å².